The zero-order chi connectivity index (χ0) is 48.3. The van der Waals surface area contributed by atoms with E-state index in [4.69, 9.17) is 10.5 Å². The van der Waals surface area contributed by atoms with E-state index in [0.29, 0.717) is 67.4 Å². The number of rotatable bonds is 23. The second-order valence-electron chi connectivity index (χ2n) is 17.5. The Labute approximate surface area is 400 Å². The van der Waals surface area contributed by atoms with Gasteiger partial charge >= 0.3 is 6.03 Å². The van der Waals surface area contributed by atoms with Crippen LogP contribution >= 0.6 is 11.8 Å². The minimum atomic E-state index is -0.719. The van der Waals surface area contributed by atoms with Crippen molar-refractivity contribution in [2.45, 2.75) is 134 Å². The van der Waals surface area contributed by atoms with Crippen molar-refractivity contribution in [2.24, 2.45) is 5.92 Å². The number of carbonyl (C=O) groups excluding carboxylic acids is 5. The molecule has 3 aromatic carbocycles. The first-order chi connectivity index (χ1) is 32.3. The third-order valence-electron chi connectivity index (χ3n) is 12.5. The summed E-state index contributed by atoms with van der Waals surface area (Å²) in [6, 6.07) is 23.8. The van der Waals surface area contributed by atoms with Crippen LogP contribution in [0, 0.1) is 5.92 Å². The minimum absolute atomic E-state index is 0.00743. The number of amides is 6. The summed E-state index contributed by atoms with van der Waals surface area (Å²) in [4.78, 5) is 63.7. The Morgan fingerprint density at radius 1 is 0.925 bits per heavy atom. The number of thioether (sulfide) groups is 1. The molecule has 6 rings (SSSR count). The van der Waals surface area contributed by atoms with Crippen LogP contribution in [0.4, 0.5) is 21.9 Å². The van der Waals surface area contributed by atoms with Crippen molar-refractivity contribution in [3.05, 3.63) is 113 Å². The number of ether oxygens (including phenoxy) is 1. The number of fused-ring (bicyclic) bond motifs is 1. The Hall–Kier alpha value is -5.80. The van der Waals surface area contributed by atoms with Crippen molar-refractivity contribution in [1.29, 1.82) is 0 Å². The average molecular weight is 938 g/mol. The fourth-order valence-electron chi connectivity index (χ4n) is 8.73. The van der Waals surface area contributed by atoms with Crippen LogP contribution in [0.2, 0.25) is 0 Å². The van der Waals surface area contributed by atoms with Crippen LogP contribution in [0.25, 0.3) is 0 Å². The lowest BCUT2D eigenvalue weighted by Crippen LogP contribution is -2.61. The predicted octanol–water partition coefficient (Wildman–Crippen LogP) is 7.71. The summed E-state index contributed by atoms with van der Waals surface area (Å²) in [5.74, 6) is 0.886. The van der Waals surface area contributed by atoms with Gasteiger partial charge in [0.25, 0.3) is 0 Å². The molecule has 8 N–H and O–H groups in total. The molecule has 3 aromatic rings. The molecule has 6 amide bonds. The summed E-state index contributed by atoms with van der Waals surface area (Å²) in [6.07, 6.45) is 11.9. The number of benzene rings is 3. The van der Waals surface area contributed by atoms with Gasteiger partial charge in [-0.2, -0.15) is 11.8 Å². The zero-order valence-corrected chi connectivity index (χ0v) is 40.5. The highest BCUT2D eigenvalue weighted by Crippen LogP contribution is 2.41. The number of nitrogen functional groups attached to an aromatic ring is 1. The molecule has 7 atom stereocenters. The topological polar surface area (TPSA) is 204 Å². The van der Waals surface area contributed by atoms with Gasteiger partial charge in [0.1, 0.15) is 6.04 Å². The Bertz CT molecular complexity index is 2150. The standard InChI is InChI=1S/C42H53N5O6.C10H18N2OS/c1-5-35(53-4)23-14-28(2)40-36(24-25-38(49)31-11-7-6-8-12-31)42(52)47(40)34-21-19-33(20-22-34)46-39(50)13-9-10-26-44-41(51)37(45-29(3)48)27-30-15-17-32(43)18-16-30;1-2-3-4-5-8-9-7(6-14-8)11-10(13)12-9/h6-8,11-12,14-23,36-38,40,49H,5,9-10,13,24-27,43H2,1-4H3,(H,44,51)(H,45,48)(H,46,50);7-9H,2-6H2,1H3,(H2,11,12,13)/b28-14+,35-23+;. The fraction of sp³-hybridized carbons (Fsp3) is 0.481. The third kappa shape index (κ3) is 15.6. The second kappa shape index (κ2) is 26.5. The number of nitrogens with one attached hydrogen (secondary N) is 5. The number of allylic oxidation sites excluding steroid dienone is 3. The van der Waals surface area contributed by atoms with Crippen molar-refractivity contribution >= 4 is 58.5 Å². The van der Waals surface area contributed by atoms with Crippen molar-refractivity contribution < 1.29 is 33.8 Å². The summed E-state index contributed by atoms with van der Waals surface area (Å²) in [5.41, 5.74) is 10.4. The number of β-lactam (4-membered cyclic amide) rings is 1. The van der Waals surface area contributed by atoms with Crippen LogP contribution in [0.15, 0.2) is 102 Å². The smallest absolute Gasteiger partial charge is 0.315 e. The van der Waals surface area contributed by atoms with Crippen LogP contribution in [-0.4, -0.2) is 83.6 Å². The van der Waals surface area contributed by atoms with Crippen LogP contribution < -0.4 is 37.2 Å². The molecular weight excluding hydrogens is 867 g/mol. The largest absolute Gasteiger partial charge is 0.501 e. The van der Waals surface area contributed by atoms with Gasteiger partial charge in [-0.05, 0) is 98.2 Å². The maximum absolute atomic E-state index is 13.6. The zero-order valence-electron chi connectivity index (χ0n) is 39.7. The number of unbranched alkanes of at least 4 members (excludes halogenated alkanes) is 3. The van der Waals surface area contributed by atoms with E-state index >= 15 is 0 Å². The molecule has 3 heterocycles. The lowest BCUT2D eigenvalue weighted by Gasteiger charge is -2.48. The highest BCUT2D eigenvalue weighted by molar-refractivity contribution is 8.00. The Kier molecular flexibility index (Phi) is 20.6. The van der Waals surface area contributed by atoms with Gasteiger partial charge in [-0.15, -0.1) is 0 Å². The minimum Gasteiger partial charge on any atom is -0.501 e. The van der Waals surface area contributed by atoms with Crippen molar-refractivity contribution in [3.8, 4) is 0 Å². The molecule has 362 valence electrons. The van der Waals surface area contributed by atoms with Crippen molar-refractivity contribution in [3.63, 3.8) is 0 Å². The number of methoxy groups -OCH3 is 1. The molecule has 15 heteroatoms. The van der Waals surface area contributed by atoms with E-state index in [1.54, 1.807) is 36.3 Å². The number of hydrogen-bond acceptors (Lipinski definition) is 9. The normalized spacial score (nSPS) is 20.8. The van der Waals surface area contributed by atoms with Crippen LogP contribution in [0.5, 0.6) is 0 Å². The monoisotopic (exact) mass is 938 g/mol. The van der Waals surface area contributed by atoms with Crippen LogP contribution in [0.3, 0.4) is 0 Å². The molecule has 3 fully saturated rings. The Balaban J connectivity index is 0.000000507. The first-order valence-electron chi connectivity index (χ1n) is 23.8. The highest BCUT2D eigenvalue weighted by atomic mass is 32.2. The van der Waals surface area contributed by atoms with Gasteiger partial charge in [0.15, 0.2) is 0 Å². The van der Waals surface area contributed by atoms with Gasteiger partial charge in [0.2, 0.25) is 23.6 Å². The van der Waals surface area contributed by atoms with Gasteiger partial charge in [-0.1, -0.05) is 81.7 Å². The number of nitrogens with two attached hydrogens (primary N) is 1. The van der Waals surface area contributed by atoms with Gasteiger partial charge in [-0.3, -0.25) is 19.2 Å². The van der Waals surface area contributed by atoms with Crippen LogP contribution in [-0.2, 0) is 30.3 Å². The molecule has 14 nitrogen and oxygen atoms in total. The average Bonchev–Trinajstić information content (AvgIpc) is 3.88. The number of aliphatic hydroxyl groups excluding tert-OH is 1. The maximum Gasteiger partial charge on any atom is 0.315 e. The van der Waals surface area contributed by atoms with Crippen molar-refractivity contribution in [1.82, 2.24) is 21.3 Å². The van der Waals surface area contributed by atoms with E-state index in [1.807, 2.05) is 92.4 Å². The molecule has 7 unspecified atom stereocenters. The number of aliphatic hydroxyl groups is 1. The van der Waals surface area contributed by atoms with Gasteiger partial charge in [0, 0.05) is 60.8 Å². The number of hydrogen-bond donors (Lipinski definition) is 7. The van der Waals surface area contributed by atoms with Crippen LogP contribution in [0.1, 0.15) is 109 Å². The van der Waals surface area contributed by atoms with E-state index in [9.17, 15) is 29.1 Å². The summed E-state index contributed by atoms with van der Waals surface area (Å²) in [5, 5.41) is 25.9. The van der Waals surface area contributed by atoms with E-state index in [0.717, 1.165) is 40.3 Å². The maximum atomic E-state index is 13.6. The highest BCUT2D eigenvalue weighted by Gasteiger charge is 2.48. The number of urea groups is 1. The molecular formula is C52H71N7O7S. The molecule has 0 saturated carbocycles. The van der Waals surface area contributed by atoms with E-state index < -0.39 is 12.1 Å². The lowest BCUT2D eigenvalue weighted by atomic mass is 9.78. The third-order valence-corrected chi connectivity index (χ3v) is 14.0. The molecule has 0 aromatic heterocycles. The Morgan fingerprint density at radius 3 is 2.33 bits per heavy atom. The predicted molar refractivity (Wildman–Crippen MR) is 268 cm³/mol. The van der Waals surface area contributed by atoms with E-state index in [-0.39, 0.29) is 48.0 Å². The summed E-state index contributed by atoms with van der Waals surface area (Å²) in [6.45, 7) is 7.99. The molecule has 3 aliphatic heterocycles. The quantitative estimate of drug-likeness (QED) is 0.0124. The SMILES string of the molecule is CC/C(=C\C=C(/C)C1C(CCC(O)c2ccccc2)C(=O)N1c1ccc(NC(=O)CCCCNC(=O)C(Cc2ccc(N)cc2)NC(C)=O)cc1)OC.CCCCCC1SCC2NC(=O)NC21. The molecule has 3 aliphatic rings. The molecule has 67 heavy (non-hydrogen) atoms. The molecule has 0 aliphatic carbocycles. The van der Waals surface area contributed by atoms with E-state index in [2.05, 4.69) is 33.5 Å². The Morgan fingerprint density at radius 2 is 1.66 bits per heavy atom. The van der Waals surface area contributed by atoms with Gasteiger partial charge in [0.05, 0.1) is 43.0 Å². The number of anilines is 3. The molecule has 0 bridgehead atoms. The lowest BCUT2D eigenvalue weighted by molar-refractivity contribution is -0.130. The van der Waals surface area contributed by atoms with E-state index in [1.165, 1.54) is 32.6 Å². The number of nitrogens with zero attached hydrogens (tertiary/aromatic N) is 1. The summed E-state index contributed by atoms with van der Waals surface area (Å²) in [7, 11) is 1.64. The molecule has 3 saturated heterocycles. The number of carbonyl (C=O) groups is 5. The first-order valence-corrected chi connectivity index (χ1v) is 24.8. The first kappa shape index (κ1) is 52.2. The summed E-state index contributed by atoms with van der Waals surface area (Å²) >= 11 is 2.01. The fourth-order valence-corrected chi connectivity index (χ4v) is 10.3. The molecule has 0 radical (unpaired) electrons. The van der Waals surface area contributed by atoms with Gasteiger partial charge < -0.3 is 47.1 Å². The second-order valence-corrected chi connectivity index (χ2v) is 18.8. The summed E-state index contributed by atoms with van der Waals surface area (Å²) < 4.78 is 5.44. The van der Waals surface area contributed by atoms with Gasteiger partial charge in [-0.25, -0.2) is 4.79 Å². The van der Waals surface area contributed by atoms with Crippen molar-refractivity contribution in [2.75, 3.05) is 35.4 Å². The molecule has 0 spiro atoms.